The summed E-state index contributed by atoms with van der Waals surface area (Å²) in [5.41, 5.74) is 1.11. The molecule has 0 unspecified atom stereocenters. The van der Waals surface area contributed by atoms with Crippen molar-refractivity contribution < 1.29 is 13.3 Å². The number of nitrogens with zero attached hydrogens (tertiary/aromatic N) is 3. The topological polar surface area (TPSA) is 63.8 Å². The van der Waals surface area contributed by atoms with E-state index in [1.807, 2.05) is 0 Å². The van der Waals surface area contributed by atoms with Crippen LogP contribution in [0.2, 0.25) is 0 Å². The van der Waals surface area contributed by atoms with Gasteiger partial charge in [-0.15, -0.1) is 0 Å². The molecule has 0 amide bonds. The van der Waals surface area contributed by atoms with E-state index < -0.39 is 11.6 Å². The van der Waals surface area contributed by atoms with Gasteiger partial charge in [0.05, 0.1) is 5.56 Å². The average molecular weight is 316 g/mol. The van der Waals surface area contributed by atoms with Crippen LogP contribution in [0.5, 0.6) is 0 Å². The second-order valence-corrected chi connectivity index (χ2v) is 4.96. The van der Waals surface area contributed by atoms with Crippen LogP contribution in [-0.4, -0.2) is 21.7 Å². The van der Waals surface area contributed by atoms with E-state index in [4.69, 9.17) is 4.52 Å². The third-order valence-corrected chi connectivity index (χ3v) is 3.27. The predicted octanol–water partition coefficient (Wildman–Crippen LogP) is 3.37. The highest BCUT2D eigenvalue weighted by Crippen LogP contribution is 2.24. The van der Waals surface area contributed by atoms with Crippen molar-refractivity contribution in [3.05, 3.63) is 59.6 Å². The van der Waals surface area contributed by atoms with Crippen molar-refractivity contribution in [2.45, 2.75) is 13.3 Å². The third kappa shape index (κ3) is 3.50. The van der Waals surface area contributed by atoms with Crippen LogP contribution < -0.4 is 5.32 Å². The molecule has 0 atom stereocenters. The van der Waals surface area contributed by atoms with Gasteiger partial charge in [-0.05, 0) is 37.1 Å². The number of benzene rings is 1. The summed E-state index contributed by atoms with van der Waals surface area (Å²) in [5.74, 6) is 0.325. The number of hydrogen-bond acceptors (Lipinski definition) is 5. The Morgan fingerprint density at radius 3 is 2.83 bits per heavy atom. The lowest BCUT2D eigenvalue weighted by molar-refractivity contribution is 0.425. The zero-order valence-corrected chi connectivity index (χ0v) is 12.4. The van der Waals surface area contributed by atoms with Gasteiger partial charge in [-0.1, -0.05) is 11.2 Å². The van der Waals surface area contributed by atoms with E-state index in [0.29, 0.717) is 41.6 Å². The molecule has 0 saturated heterocycles. The van der Waals surface area contributed by atoms with Crippen LogP contribution in [-0.2, 0) is 6.42 Å². The lowest BCUT2D eigenvalue weighted by Crippen LogP contribution is -2.08. The predicted molar refractivity (Wildman–Crippen MR) is 80.8 cm³/mol. The Labute approximate surface area is 131 Å². The molecular weight excluding hydrogens is 302 g/mol. The molecule has 0 fully saturated rings. The van der Waals surface area contributed by atoms with Gasteiger partial charge in [0.1, 0.15) is 17.5 Å². The lowest BCUT2D eigenvalue weighted by Gasteiger charge is -2.09. The van der Waals surface area contributed by atoms with E-state index in [0.717, 1.165) is 6.07 Å². The van der Waals surface area contributed by atoms with Crippen LogP contribution in [0.25, 0.3) is 11.5 Å². The maximum atomic E-state index is 13.6. The molecule has 0 spiro atoms. The summed E-state index contributed by atoms with van der Waals surface area (Å²) < 4.78 is 31.6. The lowest BCUT2D eigenvalue weighted by atomic mass is 10.1. The maximum absolute atomic E-state index is 13.6. The Hall–Kier alpha value is -2.83. The summed E-state index contributed by atoms with van der Waals surface area (Å²) in [6.07, 6.45) is 2.03. The summed E-state index contributed by atoms with van der Waals surface area (Å²) in [4.78, 5) is 8.41. The van der Waals surface area contributed by atoms with Gasteiger partial charge in [-0.25, -0.2) is 13.8 Å². The number of aryl methyl sites for hydroxylation is 1. The Morgan fingerprint density at radius 1 is 1.22 bits per heavy atom. The van der Waals surface area contributed by atoms with E-state index in [1.54, 1.807) is 25.3 Å². The molecule has 2 aromatic heterocycles. The van der Waals surface area contributed by atoms with Gasteiger partial charge in [0.25, 0.3) is 5.89 Å². The fourth-order valence-corrected chi connectivity index (χ4v) is 2.17. The molecule has 1 N–H and O–H groups in total. The van der Waals surface area contributed by atoms with Gasteiger partial charge in [-0.3, -0.25) is 0 Å². The Kier molecular flexibility index (Phi) is 4.27. The van der Waals surface area contributed by atoms with Gasteiger partial charge in [0.15, 0.2) is 5.82 Å². The van der Waals surface area contributed by atoms with Crippen molar-refractivity contribution in [1.29, 1.82) is 0 Å². The van der Waals surface area contributed by atoms with Crippen molar-refractivity contribution in [2.24, 2.45) is 0 Å². The van der Waals surface area contributed by atoms with Gasteiger partial charge in [-0.2, -0.15) is 4.98 Å². The summed E-state index contributed by atoms with van der Waals surface area (Å²) in [7, 11) is 0. The molecule has 0 radical (unpaired) electrons. The molecule has 0 aliphatic rings. The highest BCUT2D eigenvalue weighted by molar-refractivity contribution is 5.68. The van der Waals surface area contributed by atoms with Crippen LogP contribution in [0.4, 0.5) is 14.6 Å². The molecule has 118 valence electrons. The number of nitrogens with one attached hydrogen (secondary N) is 1. The first-order valence-electron chi connectivity index (χ1n) is 7.07. The smallest absolute Gasteiger partial charge is 0.261 e. The number of anilines is 1. The number of halogens is 2. The normalized spacial score (nSPS) is 10.7. The van der Waals surface area contributed by atoms with Crippen molar-refractivity contribution in [3.63, 3.8) is 0 Å². The van der Waals surface area contributed by atoms with Gasteiger partial charge < -0.3 is 9.84 Å². The van der Waals surface area contributed by atoms with E-state index >= 15 is 0 Å². The first kappa shape index (κ1) is 15.1. The molecule has 3 rings (SSSR count). The monoisotopic (exact) mass is 316 g/mol. The third-order valence-electron chi connectivity index (χ3n) is 3.27. The number of hydrogen-bond donors (Lipinski definition) is 1. The van der Waals surface area contributed by atoms with Gasteiger partial charge in [0.2, 0.25) is 0 Å². The highest BCUT2D eigenvalue weighted by Gasteiger charge is 2.12. The Morgan fingerprint density at radius 2 is 2.09 bits per heavy atom. The molecule has 1 aromatic carbocycles. The van der Waals surface area contributed by atoms with Crippen LogP contribution >= 0.6 is 0 Å². The summed E-state index contributed by atoms with van der Waals surface area (Å²) in [5, 5.41) is 6.87. The van der Waals surface area contributed by atoms with Crippen LogP contribution in [0.1, 0.15) is 11.4 Å². The van der Waals surface area contributed by atoms with Gasteiger partial charge in [0, 0.05) is 18.8 Å². The second-order valence-electron chi connectivity index (χ2n) is 4.96. The number of aromatic nitrogens is 3. The first-order valence-corrected chi connectivity index (χ1v) is 7.07. The largest absolute Gasteiger partial charge is 0.369 e. The molecule has 7 heteroatoms. The SMILES string of the molecule is Cc1noc(-c2cccnc2NCCc2ccc(F)cc2F)n1. The molecule has 3 aromatic rings. The quantitative estimate of drug-likeness (QED) is 0.782. The van der Waals surface area contributed by atoms with E-state index in [-0.39, 0.29) is 0 Å². The molecule has 0 aliphatic heterocycles. The average Bonchev–Trinajstić information content (AvgIpc) is 2.96. The van der Waals surface area contributed by atoms with Gasteiger partial charge >= 0.3 is 0 Å². The molecule has 0 bridgehead atoms. The minimum atomic E-state index is -0.585. The fraction of sp³-hybridized carbons (Fsp3) is 0.188. The number of pyridine rings is 1. The highest BCUT2D eigenvalue weighted by atomic mass is 19.1. The summed E-state index contributed by atoms with van der Waals surface area (Å²) in [6.45, 7) is 2.16. The molecule has 2 heterocycles. The zero-order chi connectivity index (χ0) is 16.2. The Balaban J connectivity index is 1.71. The fourth-order valence-electron chi connectivity index (χ4n) is 2.17. The van der Waals surface area contributed by atoms with Crippen molar-refractivity contribution >= 4 is 5.82 Å². The minimum Gasteiger partial charge on any atom is -0.369 e. The summed E-state index contributed by atoms with van der Waals surface area (Å²) in [6, 6.07) is 7.13. The van der Waals surface area contributed by atoms with Crippen LogP contribution in [0.15, 0.2) is 41.1 Å². The minimum absolute atomic E-state index is 0.367. The molecular formula is C16H14F2N4O. The van der Waals surface area contributed by atoms with E-state index in [2.05, 4.69) is 20.4 Å². The summed E-state index contributed by atoms with van der Waals surface area (Å²) >= 11 is 0. The first-order chi connectivity index (χ1) is 11.1. The molecule has 5 nitrogen and oxygen atoms in total. The molecule has 0 saturated carbocycles. The van der Waals surface area contributed by atoms with E-state index in [9.17, 15) is 8.78 Å². The second kappa shape index (κ2) is 6.51. The zero-order valence-electron chi connectivity index (χ0n) is 12.4. The van der Waals surface area contributed by atoms with Crippen molar-refractivity contribution in [2.75, 3.05) is 11.9 Å². The standard InChI is InChI=1S/C16H14F2N4O/c1-10-21-16(23-22-10)13-3-2-7-19-15(13)20-8-6-11-4-5-12(17)9-14(11)18/h2-5,7,9H,6,8H2,1H3,(H,19,20). The van der Waals surface area contributed by atoms with Crippen LogP contribution in [0.3, 0.4) is 0 Å². The molecule has 23 heavy (non-hydrogen) atoms. The van der Waals surface area contributed by atoms with E-state index in [1.165, 1.54) is 12.1 Å². The maximum Gasteiger partial charge on any atom is 0.261 e. The Bertz CT molecular complexity index is 819. The number of rotatable bonds is 5. The molecule has 0 aliphatic carbocycles. The van der Waals surface area contributed by atoms with Crippen LogP contribution in [0, 0.1) is 18.6 Å². The van der Waals surface area contributed by atoms with Crippen molar-refractivity contribution in [3.8, 4) is 11.5 Å². The van der Waals surface area contributed by atoms with Crippen molar-refractivity contribution in [1.82, 2.24) is 15.1 Å².